The van der Waals surface area contributed by atoms with Gasteiger partial charge in [-0.05, 0) is 73.8 Å². The topological polar surface area (TPSA) is 17.0 Å². The largest absolute Gasteiger partial charge is 0.346 e. The minimum atomic E-state index is 0.479. The fourth-order valence-electron chi connectivity index (χ4n) is 5.88. The molecular weight excluding hydrogens is 276 g/mol. The first-order valence-corrected chi connectivity index (χ1v) is 9.36. The summed E-state index contributed by atoms with van der Waals surface area (Å²) in [5.41, 5.74) is 3.32. The number of hydrogen-bond donors (Lipinski definition) is 1. The zero-order valence-electron chi connectivity index (χ0n) is 12.8. The van der Waals surface area contributed by atoms with Gasteiger partial charge in [0.05, 0.1) is 10.2 Å². The predicted octanol–water partition coefficient (Wildman–Crippen LogP) is 4.30. The second kappa shape index (κ2) is 4.36. The van der Waals surface area contributed by atoms with Gasteiger partial charge < -0.3 is 9.88 Å². The Morgan fingerprint density at radius 1 is 1.19 bits per heavy atom. The molecule has 6 rings (SSSR count). The number of aromatic nitrogens is 1. The molecule has 0 spiro atoms. The standard InChI is InChI=1S/C18H24N2S/c1-20-15(7-17-16(20)2-3-21-17)11-19-18-8-12-4-13(9-18)6-14(5-12)10-18/h2-3,7,12-14,19H,4-6,8-11H2,1H3. The van der Waals surface area contributed by atoms with Gasteiger partial charge in [-0.1, -0.05) is 0 Å². The fraction of sp³-hybridized carbons (Fsp3) is 0.667. The summed E-state index contributed by atoms with van der Waals surface area (Å²) >= 11 is 1.86. The van der Waals surface area contributed by atoms with E-state index in [-0.39, 0.29) is 0 Å². The van der Waals surface area contributed by atoms with Gasteiger partial charge in [0, 0.05) is 24.8 Å². The Morgan fingerprint density at radius 2 is 1.86 bits per heavy atom. The fourth-order valence-corrected chi connectivity index (χ4v) is 6.75. The Hall–Kier alpha value is -0.800. The zero-order valence-corrected chi connectivity index (χ0v) is 13.6. The molecule has 4 aliphatic carbocycles. The van der Waals surface area contributed by atoms with Crippen molar-refractivity contribution in [3.05, 3.63) is 23.2 Å². The molecule has 0 aromatic carbocycles. The molecule has 4 aliphatic rings. The lowest BCUT2D eigenvalue weighted by Gasteiger charge is -2.57. The van der Waals surface area contributed by atoms with Crippen molar-refractivity contribution >= 4 is 21.6 Å². The van der Waals surface area contributed by atoms with E-state index in [1.54, 1.807) is 0 Å². The third kappa shape index (κ3) is 1.93. The number of rotatable bonds is 3. The summed E-state index contributed by atoms with van der Waals surface area (Å²) in [4.78, 5) is 0. The molecule has 2 heterocycles. The summed E-state index contributed by atoms with van der Waals surface area (Å²) < 4.78 is 3.80. The van der Waals surface area contributed by atoms with Crippen molar-refractivity contribution in [2.24, 2.45) is 24.8 Å². The highest BCUT2D eigenvalue weighted by molar-refractivity contribution is 7.17. The van der Waals surface area contributed by atoms with Crippen molar-refractivity contribution in [1.82, 2.24) is 9.88 Å². The van der Waals surface area contributed by atoms with Gasteiger partial charge in [-0.15, -0.1) is 11.3 Å². The molecule has 0 amide bonds. The van der Waals surface area contributed by atoms with Crippen molar-refractivity contribution in [3.63, 3.8) is 0 Å². The van der Waals surface area contributed by atoms with Gasteiger partial charge in [0.15, 0.2) is 0 Å². The van der Waals surface area contributed by atoms with E-state index in [9.17, 15) is 0 Å². The number of aryl methyl sites for hydroxylation is 1. The first kappa shape index (κ1) is 12.7. The van der Waals surface area contributed by atoms with Crippen LogP contribution in [0.3, 0.4) is 0 Å². The van der Waals surface area contributed by atoms with Crippen LogP contribution in [0.1, 0.15) is 44.2 Å². The molecular formula is C18H24N2S. The SMILES string of the molecule is Cn1c(CNC23CC4CC(CC(C4)C2)C3)cc2sccc21. The lowest BCUT2D eigenvalue weighted by Crippen LogP contribution is -2.58. The van der Waals surface area contributed by atoms with Crippen molar-refractivity contribution < 1.29 is 0 Å². The van der Waals surface area contributed by atoms with Gasteiger partial charge in [-0.2, -0.15) is 0 Å². The summed E-state index contributed by atoms with van der Waals surface area (Å²) in [6.45, 7) is 1.05. The van der Waals surface area contributed by atoms with E-state index >= 15 is 0 Å². The molecule has 21 heavy (non-hydrogen) atoms. The molecule has 1 N–H and O–H groups in total. The number of nitrogens with one attached hydrogen (secondary N) is 1. The van der Waals surface area contributed by atoms with Crippen LogP contribution in [-0.4, -0.2) is 10.1 Å². The van der Waals surface area contributed by atoms with Crippen molar-refractivity contribution in [2.45, 2.75) is 50.6 Å². The first-order valence-electron chi connectivity index (χ1n) is 8.48. The number of hydrogen-bond acceptors (Lipinski definition) is 2. The molecule has 112 valence electrons. The Kier molecular flexibility index (Phi) is 2.64. The van der Waals surface area contributed by atoms with E-state index in [0.29, 0.717) is 5.54 Å². The molecule has 2 aromatic heterocycles. The summed E-state index contributed by atoms with van der Waals surface area (Å²) in [6.07, 6.45) is 8.91. The minimum absolute atomic E-state index is 0.479. The molecule has 0 atom stereocenters. The molecule has 4 bridgehead atoms. The number of fused-ring (bicyclic) bond motifs is 1. The van der Waals surface area contributed by atoms with Gasteiger partial charge in [0.25, 0.3) is 0 Å². The lowest BCUT2D eigenvalue weighted by molar-refractivity contribution is -0.0208. The number of thiophene rings is 1. The Morgan fingerprint density at radius 3 is 2.48 bits per heavy atom. The van der Waals surface area contributed by atoms with Crippen LogP contribution < -0.4 is 5.32 Å². The highest BCUT2D eigenvalue weighted by atomic mass is 32.1. The van der Waals surface area contributed by atoms with Crippen LogP contribution >= 0.6 is 11.3 Å². The summed E-state index contributed by atoms with van der Waals surface area (Å²) in [7, 11) is 2.21. The third-order valence-corrected chi connectivity index (χ3v) is 7.30. The minimum Gasteiger partial charge on any atom is -0.346 e. The van der Waals surface area contributed by atoms with Crippen LogP contribution in [0, 0.1) is 17.8 Å². The van der Waals surface area contributed by atoms with E-state index < -0.39 is 0 Å². The van der Waals surface area contributed by atoms with Gasteiger partial charge >= 0.3 is 0 Å². The normalized spacial score (nSPS) is 37.7. The summed E-state index contributed by atoms with van der Waals surface area (Å²) in [6, 6.07) is 4.63. The molecule has 2 aromatic rings. The van der Waals surface area contributed by atoms with E-state index in [4.69, 9.17) is 0 Å². The van der Waals surface area contributed by atoms with Crippen LogP contribution in [-0.2, 0) is 13.6 Å². The van der Waals surface area contributed by atoms with Crippen LogP contribution in [0.2, 0.25) is 0 Å². The van der Waals surface area contributed by atoms with E-state index in [1.165, 1.54) is 54.4 Å². The van der Waals surface area contributed by atoms with Crippen LogP contribution in [0.15, 0.2) is 17.5 Å². The van der Waals surface area contributed by atoms with Crippen molar-refractivity contribution in [2.75, 3.05) is 0 Å². The van der Waals surface area contributed by atoms with Crippen molar-refractivity contribution in [1.29, 1.82) is 0 Å². The second-order valence-corrected chi connectivity index (χ2v) is 8.86. The van der Waals surface area contributed by atoms with Gasteiger partial charge in [0.2, 0.25) is 0 Å². The monoisotopic (exact) mass is 300 g/mol. The van der Waals surface area contributed by atoms with Gasteiger partial charge in [0.1, 0.15) is 0 Å². The van der Waals surface area contributed by atoms with E-state index in [0.717, 1.165) is 24.3 Å². The van der Waals surface area contributed by atoms with E-state index in [1.807, 2.05) is 11.3 Å². The van der Waals surface area contributed by atoms with Crippen LogP contribution in [0.5, 0.6) is 0 Å². The average molecular weight is 300 g/mol. The molecule has 4 fully saturated rings. The molecule has 3 heteroatoms. The molecule has 0 radical (unpaired) electrons. The Labute approximate surface area is 130 Å². The lowest BCUT2D eigenvalue weighted by atomic mass is 9.53. The summed E-state index contributed by atoms with van der Waals surface area (Å²) in [5, 5.41) is 6.21. The highest BCUT2D eigenvalue weighted by Gasteiger charge is 2.50. The maximum atomic E-state index is 4.02. The highest BCUT2D eigenvalue weighted by Crippen LogP contribution is 2.55. The third-order valence-electron chi connectivity index (χ3n) is 6.45. The average Bonchev–Trinajstić information content (AvgIpc) is 2.99. The molecule has 0 unspecified atom stereocenters. The van der Waals surface area contributed by atoms with Gasteiger partial charge in [-0.25, -0.2) is 0 Å². The Bertz CT molecular complexity index is 645. The second-order valence-electron chi connectivity index (χ2n) is 7.92. The first-order chi connectivity index (χ1) is 10.2. The zero-order chi connectivity index (χ0) is 14.0. The smallest absolute Gasteiger partial charge is 0.0589 e. The Balaban J connectivity index is 1.38. The maximum Gasteiger partial charge on any atom is 0.0589 e. The molecule has 4 saturated carbocycles. The summed E-state index contributed by atoms with van der Waals surface area (Å²) in [5.74, 6) is 3.09. The van der Waals surface area contributed by atoms with Crippen LogP contribution in [0.25, 0.3) is 10.2 Å². The molecule has 0 saturated heterocycles. The maximum absolute atomic E-state index is 4.02. The molecule has 2 nitrogen and oxygen atoms in total. The van der Waals surface area contributed by atoms with E-state index in [2.05, 4.69) is 34.4 Å². The van der Waals surface area contributed by atoms with Crippen LogP contribution in [0.4, 0.5) is 0 Å². The van der Waals surface area contributed by atoms with Crippen molar-refractivity contribution in [3.8, 4) is 0 Å². The molecule has 0 aliphatic heterocycles. The quantitative estimate of drug-likeness (QED) is 0.894. The predicted molar refractivity (Wildman–Crippen MR) is 88.5 cm³/mol. The van der Waals surface area contributed by atoms with Gasteiger partial charge in [-0.3, -0.25) is 0 Å². The number of nitrogens with zero attached hydrogens (tertiary/aromatic N) is 1.